The molecular weight excluding hydrogens is 380 g/mol. The van der Waals surface area contributed by atoms with Crippen LogP contribution in [0.15, 0.2) is 59.5 Å². The number of ketones is 1. The zero-order valence-electron chi connectivity index (χ0n) is 16.7. The van der Waals surface area contributed by atoms with E-state index in [-0.39, 0.29) is 30.2 Å². The summed E-state index contributed by atoms with van der Waals surface area (Å²) in [6, 6.07) is 9.92. The molecule has 1 fully saturated rings. The lowest BCUT2D eigenvalue weighted by molar-refractivity contribution is -0.122. The van der Waals surface area contributed by atoms with Gasteiger partial charge in [-0.3, -0.25) is 23.9 Å². The molecule has 0 radical (unpaired) electrons. The molecule has 7 heteroatoms. The minimum Gasteiger partial charge on any atom is -0.347 e. The lowest BCUT2D eigenvalue weighted by Crippen LogP contribution is -2.35. The predicted octanol–water partition coefficient (Wildman–Crippen LogP) is 2.88. The SMILES string of the molecule is C=C1CCC(n2c(C)nc3cccc(CNC(=O)c4ccccn4)c3c2=O)C(=O)C1. The molecule has 30 heavy (non-hydrogen) atoms. The number of allylic oxidation sites excluding steroid dienone is 1. The van der Waals surface area contributed by atoms with Crippen LogP contribution in [0.4, 0.5) is 0 Å². The Kier molecular flexibility index (Phi) is 5.27. The molecule has 2 aromatic heterocycles. The molecule has 0 bridgehead atoms. The Labute approximate surface area is 173 Å². The summed E-state index contributed by atoms with van der Waals surface area (Å²) in [6.45, 7) is 5.80. The first-order chi connectivity index (χ1) is 14.5. The van der Waals surface area contributed by atoms with Crippen molar-refractivity contribution in [3.63, 3.8) is 0 Å². The molecular formula is C23H22N4O3. The van der Waals surface area contributed by atoms with Crippen molar-refractivity contribution in [2.75, 3.05) is 0 Å². The zero-order chi connectivity index (χ0) is 21.3. The van der Waals surface area contributed by atoms with Gasteiger partial charge in [-0.1, -0.05) is 30.4 Å². The first-order valence-corrected chi connectivity index (χ1v) is 9.85. The maximum Gasteiger partial charge on any atom is 0.270 e. The van der Waals surface area contributed by atoms with Gasteiger partial charge >= 0.3 is 0 Å². The first-order valence-electron chi connectivity index (χ1n) is 9.85. The number of benzene rings is 1. The smallest absolute Gasteiger partial charge is 0.270 e. The lowest BCUT2D eigenvalue weighted by atomic mass is 9.90. The average Bonchev–Trinajstić information content (AvgIpc) is 2.73. The average molecular weight is 402 g/mol. The number of nitrogens with zero attached hydrogens (tertiary/aromatic N) is 3. The Morgan fingerprint density at radius 2 is 2.07 bits per heavy atom. The van der Waals surface area contributed by atoms with Crippen LogP contribution in [0.1, 0.15) is 47.2 Å². The van der Waals surface area contributed by atoms with Crippen molar-refractivity contribution in [1.29, 1.82) is 0 Å². The number of Topliss-reactive ketones (excluding diaryl/α,β-unsaturated/α-hetero) is 1. The molecule has 1 atom stereocenters. The summed E-state index contributed by atoms with van der Waals surface area (Å²) in [5, 5.41) is 3.23. The highest BCUT2D eigenvalue weighted by molar-refractivity contribution is 5.92. The van der Waals surface area contributed by atoms with Gasteiger partial charge in [-0.25, -0.2) is 4.98 Å². The second-order valence-corrected chi connectivity index (χ2v) is 7.49. The number of fused-ring (bicyclic) bond motifs is 1. The maximum absolute atomic E-state index is 13.4. The Morgan fingerprint density at radius 1 is 1.23 bits per heavy atom. The summed E-state index contributed by atoms with van der Waals surface area (Å²) in [5.41, 5.74) is 2.14. The normalized spacial score (nSPS) is 16.6. The van der Waals surface area contributed by atoms with Gasteiger partial charge in [0.25, 0.3) is 11.5 Å². The third-order valence-electron chi connectivity index (χ3n) is 5.41. The number of amides is 1. The minimum absolute atomic E-state index is 0.0152. The Hall–Kier alpha value is -3.61. The molecule has 152 valence electrons. The number of hydrogen-bond acceptors (Lipinski definition) is 5. The number of pyridine rings is 1. The summed E-state index contributed by atoms with van der Waals surface area (Å²) in [4.78, 5) is 47.0. The number of aryl methyl sites for hydroxylation is 1. The van der Waals surface area contributed by atoms with Gasteiger partial charge in [0.2, 0.25) is 0 Å². The van der Waals surface area contributed by atoms with E-state index in [9.17, 15) is 14.4 Å². The molecule has 0 aliphatic heterocycles. The summed E-state index contributed by atoms with van der Waals surface area (Å²) in [6.07, 6.45) is 3.09. The van der Waals surface area contributed by atoms with Crippen molar-refractivity contribution in [2.45, 2.75) is 38.8 Å². The second-order valence-electron chi connectivity index (χ2n) is 7.49. The van der Waals surface area contributed by atoms with Gasteiger partial charge in [-0.05, 0) is 43.5 Å². The summed E-state index contributed by atoms with van der Waals surface area (Å²) in [5.74, 6) is 0.167. The predicted molar refractivity (Wildman–Crippen MR) is 113 cm³/mol. The van der Waals surface area contributed by atoms with Crippen LogP contribution < -0.4 is 10.9 Å². The van der Waals surface area contributed by atoms with E-state index in [1.54, 1.807) is 49.5 Å². The van der Waals surface area contributed by atoms with Crippen molar-refractivity contribution >= 4 is 22.6 Å². The van der Waals surface area contributed by atoms with Crippen LogP contribution in [0.3, 0.4) is 0 Å². The van der Waals surface area contributed by atoms with E-state index in [1.807, 2.05) is 0 Å². The van der Waals surface area contributed by atoms with Crippen molar-refractivity contribution in [1.82, 2.24) is 19.9 Å². The zero-order valence-corrected chi connectivity index (χ0v) is 16.7. The highest BCUT2D eigenvalue weighted by Crippen LogP contribution is 2.28. The summed E-state index contributed by atoms with van der Waals surface area (Å²) in [7, 11) is 0. The van der Waals surface area contributed by atoms with Gasteiger partial charge in [0.05, 0.1) is 16.9 Å². The number of carbonyl (C=O) groups is 2. The Bertz CT molecular complexity index is 1210. The van der Waals surface area contributed by atoms with Crippen LogP contribution in [0.2, 0.25) is 0 Å². The Balaban J connectivity index is 1.71. The second kappa shape index (κ2) is 8.02. The van der Waals surface area contributed by atoms with E-state index in [1.165, 1.54) is 4.57 Å². The fourth-order valence-corrected chi connectivity index (χ4v) is 3.93. The first kappa shape index (κ1) is 19.7. The van der Waals surface area contributed by atoms with Gasteiger partial charge in [-0.15, -0.1) is 0 Å². The van der Waals surface area contributed by atoms with Crippen LogP contribution in [0, 0.1) is 6.92 Å². The van der Waals surface area contributed by atoms with E-state index in [2.05, 4.69) is 21.9 Å². The summed E-state index contributed by atoms with van der Waals surface area (Å²) >= 11 is 0. The van der Waals surface area contributed by atoms with E-state index in [4.69, 9.17) is 0 Å². The molecule has 1 aliphatic rings. The molecule has 2 heterocycles. The van der Waals surface area contributed by atoms with Crippen molar-refractivity contribution in [3.8, 4) is 0 Å². The maximum atomic E-state index is 13.4. The third kappa shape index (κ3) is 3.66. The number of rotatable bonds is 4. The fraction of sp³-hybridized carbons (Fsp3) is 0.261. The molecule has 1 unspecified atom stereocenters. The minimum atomic E-state index is -0.531. The van der Waals surface area contributed by atoms with Crippen molar-refractivity contribution in [2.24, 2.45) is 0 Å². The van der Waals surface area contributed by atoms with Gasteiger partial charge in [0.15, 0.2) is 5.78 Å². The van der Waals surface area contributed by atoms with Crippen LogP contribution >= 0.6 is 0 Å². The highest BCUT2D eigenvalue weighted by atomic mass is 16.2. The third-order valence-corrected chi connectivity index (χ3v) is 5.41. The van der Waals surface area contributed by atoms with Gasteiger partial charge < -0.3 is 5.32 Å². The lowest BCUT2D eigenvalue weighted by Gasteiger charge is -2.26. The van der Waals surface area contributed by atoms with Gasteiger partial charge in [-0.2, -0.15) is 0 Å². The van der Waals surface area contributed by atoms with Crippen molar-refractivity contribution < 1.29 is 9.59 Å². The monoisotopic (exact) mass is 402 g/mol. The van der Waals surface area contributed by atoms with E-state index in [0.29, 0.717) is 40.8 Å². The van der Waals surface area contributed by atoms with Gasteiger partial charge in [0.1, 0.15) is 11.5 Å². The van der Waals surface area contributed by atoms with Crippen LogP contribution in [0.5, 0.6) is 0 Å². The quantitative estimate of drug-likeness (QED) is 0.677. The molecule has 0 spiro atoms. The number of aromatic nitrogens is 3. The number of nitrogens with one attached hydrogen (secondary N) is 1. The van der Waals surface area contributed by atoms with Crippen LogP contribution in [-0.4, -0.2) is 26.2 Å². The summed E-state index contributed by atoms with van der Waals surface area (Å²) < 4.78 is 1.50. The molecule has 0 saturated heterocycles. The topological polar surface area (TPSA) is 93.9 Å². The fourth-order valence-electron chi connectivity index (χ4n) is 3.93. The van der Waals surface area contributed by atoms with E-state index < -0.39 is 6.04 Å². The van der Waals surface area contributed by atoms with Crippen molar-refractivity contribution in [3.05, 3.63) is 82.2 Å². The molecule has 3 aromatic rings. The van der Waals surface area contributed by atoms with E-state index >= 15 is 0 Å². The standard InChI is InChI=1S/C23H22N4O3/c1-14-9-10-19(20(28)12-14)27-15(2)26-17-8-5-6-16(21(17)23(27)30)13-25-22(29)18-7-3-4-11-24-18/h3-8,11,19H,1,9-10,12-13H2,2H3,(H,25,29). The molecule has 1 N–H and O–H groups in total. The highest BCUT2D eigenvalue weighted by Gasteiger charge is 2.28. The molecule has 1 aliphatic carbocycles. The molecule has 1 saturated carbocycles. The molecule has 1 amide bonds. The molecule has 1 aromatic carbocycles. The number of carbonyl (C=O) groups excluding carboxylic acids is 2. The van der Waals surface area contributed by atoms with E-state index in [0.717, 1.165) is 5.57 Å². The van der Waals surface area contributed by atoms with Crippen LogP contribution in [-0.2, 0) is 11.3 Å². The largest absolute Gasteiger partial charge is 0.347 e. The number of hydrogen-bond donors (Lipinski definition) is 1. The Morgan fingerprint density at radius 3 is 2.80 bits per heavy atom. The van der Waals surface area contributed by atoms with Crippen LogP contribution in [0.25, 0.3) is 10.9 Å². The molecule has 7 nitrogen and oxygen atoms in total. The van der Waals surface area contributed by atoms with Gasteiger partial charge in [0, 0.05) is 19.2 Å². The molecule has 4 rings (SSSR count).